The van der Waals surface area contributed by atoms with Crippen molar-refractivity contribution in [1.82, 2.24) is 5.43 Å². The van der Waals surface area contributed by atoms with E-state index in [1.54, 1.807) is 31.4 Å². The summed E-state index contributed by atoms with van der Waals surface area (Å²) in [5, 5.41) is 7.05. The molecule has 32 heavy (non-hydrogen) atoms. The molecule has 0 aromatic heterocycles. The van der Waals surface area contributed by atoms with Crippen LogP contribution in [0.3, 0.4) is 0 Å². The molecule has 0 aliphatic heterocycles. The van der Waals surface area contributed by atoms with Gasteiger partial charge in [0.1, 0.15) is 24.5 Å². The van der Waals surface area contributed by atoms with Gasteiger partial charge < -0.3 is 14.8 Å². The molecule has 0 saturated heterocycles. The van der Waals surface area contributed by atoms with Crippen molar-refractivity contribution in [3.63, 3.8) is 0 Å². The van der Waals surface area contributed by atoms with E-state index in [4.69, 9.17) is 21.1 Å². The van der Waals surface area contributed by atoms with E-state index in [2.05, 4.69) is 15.8 Å². The maximum absolute atomic E-state index is 11.9. The molecule has 0 heterocycles. The summed E-state index contributed by atoms with van der Waals surface area (Å²) in [7, 11) is 1.63. The second-order valence-electron chi connectivity index (χ2n) is 6.73. The molecule has 0 fully saturated rings. The second kappa shape index (κ2) is 11.5. The molecule has 0 unspecified atom stereocenters. The van der Waals surface area contributed by atoms with Crippen LogP contribution in [0.15, 0.2) is 77.9 Å². The number of carbonyl (C=O) groups is 2. The molecule has 3 aromatic carbocycles. The third-order valence-electron chi connectivity index (χ3n) is 4.30. The van der Waals surface area contributed by atoms with Crippen molar-refractivity contribution >= 4 is 35.3 Å². The number of amides is 2. The Bertz CT molecular complexity index is 1070. The Morgan fingerprint density at radius 2 is 1.56 bits per heavy atom. The number of nitrogens with one attached hydrogen (secondary N) is 2. The van der Waals surface area contributed by atoms with E-state index in [0.717, 1.165) is 16.9 Å². The largest absolute Gasteiger partial charge is 0.497 e. The molecule has 0 radical (unpaired) electrons. The number of methoxy groups -OCH3 is 1. The Labute approximate surface area is 191 Å². The maximum Gasteiger partial charge on any atom is 0.249 e. The van der Waals surface area contributed by atoms with Crippen LogP contribution in [-0.4, -0.2) is 25.1 Å². The van der Waals surface area contributed by atoms with Gasteiger partial charge in [-0.3, -0.25) is 9.59 Å². The molecule has 164 valence electrons. The lowest BCUT2D eigenvalue weighted by Crippen LogP contribution is -2.24. The predicted octanol–water partition coefficient (Wildman–Crippen LogP) is 4.41. The van der Waals surface area contributed by atoms with Crippen molar-refractivity contribution in [2.75, 3.05) is 12.4 Å². The Kier molecular flexibility index (Phi) is 8.22. The van der Waals surface area contributed by atoms with Gasteiger partial charge in [0.15, 0.2) is 0 Å². The van der Waals surface area contributed by atoms with Gasteiger partial charge >= 0.3 is 0 Å². The van der Waals surface area contributed by atoms with Crippen molar-refractivity contribution in [2.24, 2.45) is 5.10 Å². The number of carbonyl (C=O) groups excluding carboxylic acids is 2. The maximum atomic E-state index is 11.9. The van der Waals surface area contributed by atoms with Crippen LogP contribution in [0.4, 0.5) is 5.69 Å². The van der Waals surface area contributed by atoms with Crippen molar-refractivity contribution in [3.05, 3.63) is 88.9 Å². The molecule has 0 aliphatic rings. The summed E-state index contributed by atoms with van der Waals surface area (Å²) in [5.41, 5.74) is 4.69. The first-order chi connectivity index (χ1) is 15.5. The van der Waals surface area contributed by atoms with Crippen molar-refractivity contribution in [2.45, 2.75) is 13.0 Å². The number of nitrogens with zero attached hydrogens (tertiary/aromatic N) is 1. The molecule has 0 aliphatic carbocycles. The molecule has 0 bridgehead atoms. The van der Waals surface area contributed by atoms with Crippen LogP contribution in [0.5, 0.6) is 11.5 Å². The third-order valence-corrected chi connectivity index (χ3v) is 4.55. The van der Waals surface area contributed by atoms with Gasteiger partial charge in [-0.2, -0.15) is 5.10 Å². The Balaban J connectivity index is 1.41. The van der Waals surface area contributed by atoms with E-state index in [1.165, 1.54) is 6.21 Å². The van der Waals surface area contributed by atoms with Crippen molar-refractivity contribution in [1.29, 1.82) is 0 Å². The molecular formula is C24H22ClN3O4. The van der Waals surface area contributed by atoms with Crippen LogP contribution in [0.2, 0.25) is 5.02 Å². The van der Waals surface area contributed by atoms with Gasteiger partial charge in [0.05, 0.1) is 13.3 Å². The normalized spacial score (nSPS) is 10.6. The first kappa shape index (κ1) is 22.8. The van der Waals surface area contributed by atoms with Gasteiger partial charge in [-0.05, 0) is 71.8 Å². The van der Waals surface area contributed by atoms with Gasteiger partial charge in [0.25, 0.3) is 0 Å². The predicted molar refractivity (Wildman–Crippen MR) is 124 cm³/mol. The highest BCUT2D eigenvalue weighted by molar-refractivity contribution is 6.30. The lowest BCUT2D eigenvalue weighted by atomic mass is 10.2. The smallest absolute Gasteiger partial charge is 0.249 e. The first-order valence-electron chi connectivity index (χ1n) is 9.75. The SMILES string of the molecule is COc1ccc(COc2ccc(C=NNC(=O)CC(=O)Nc3ccc(Cl)cc3)cc2)cc1. The number of hydrogen-bond donors (Lipinski definition) is 2. The quantitative estimate of drug-likeness (QED) is 0.286. The molecular weight excluding hydrogens is 430 g/mol. The van der Waals surface area contributed by atoms with Gasteiger partial charge in [0.2, 0.25) is 11.8 Å². The Morgan fingerprint density at radius 1 is 0.906 bits per heavy atom. The fourth-order valence-electron chi connectivity index (χ4n) is 2.64. The van der Waals surface area contributed by atoms with E-state index < -0.39 is 11.8 Å². The highest BCUT2D eigenvalue weighted by Crippen LogP contribution is 2.16. The fourth-order valence-corrected chi connectivity index (χ4v) is 2.77. The molecule has 2 amide bonds. The van der Waals surface area contributed by atoms with Gasteiger partial charge in [-0.25, -0.2) is 5.43 Å². The monoisotopic (exact) mass is 451 g/mol. The molecule has 0 atom stereocenters. The van der Waals surface area contributed by atoms with Crippen LogP contribution in [-0.2, 0) is 16.2 Å². The van der Waals surface area contributed by atoms with Gasteiger partial charge in [0, 0.05) is 10.7 Å². The summed E-state index contributed by atoms with van der Waals surface area (Å²) in [5.74, 6) is 0.540. The second-order valence-corrected chi connectivity index (χ2v) is 7.17. The molecule has 2 N–H and O–H groups in total. The van der Waals surface area contributed by atoms with Gasteiger partial charge in [-0.15, -0.1) is 0 Å². The third kappa shape index (κ3) is 7.45. The summed E-state index contributed by atoms with van der Waals surface area (Å²) in [6, 6.07) is 21.5. The van der Waals surface area contributed by atoms with Crippen LogP contribution >= 0.6 is 11.6 Å². The van der Waals surface area contributed by atoms with Crippen LogP contribution in [0.25, 0.3) is 0 Å². The Hall–Kier alpha value is -3.84. The lowest BCUT2D eigenvalue weighted by Gasteiger charge is -2.07. The first-order valence-corrected chi connectivity index (χ1v) is 10.1. The van der Waals surface area contributed by atoms with E-state index >= 15 is 0 Å². The fraction of sp³-hybridized carbons (Fsp3) is 0.125. The van der Waals surface area contributed by atoms with Gasteiger partial charge in [-0.1, -0.05) is 23.7 Å². The number of benzene rings is 3. The molecule has 3 aromatic rings. The highest BCUT2D eigenvalue weighted by Gasteiger charge is 2.09. The van der Waals surface area contributed by atoms with E-state index in [1.807, 2.05) is 48.5 Å². The molecule has 0 saturated carbocycles. The summed E-state index contributed by atoms with van der Waals surface area (Å²) in [6.07, 6.45) is 1.14. The summed E-state index contributed by atoms with van der Waals surface area (Å²) in [6.45, 7) is 0.436. The van der Waals surface area contributed by atoms with Crippen molar-refractivity contribution in [3.8, 4) is 11.5 Å². The minimum Gasteiger partial charge on any atom is -0.497 e. The highest BCUT2D eigenvalue weighted by atomic mass is 35.5. The zero-order chi connectivity index (χ0) is 22.8. The molecule has 3 rings (SSSR count). The van der Waals surface area contributed by atoms with Crippen LogP contribution in [0.1, 0.15) is 17.5 Å². The summed E-state index contributed by atoms with van der Waals surface area (Å²) < 4.78 is 10.9. The summed E-state index contributed by atoms with van der Waals surface area (Å²) in [4.78, 5) is 23.8. The number of hydrogen-bond acceptors (Lipinski definition) is 5. The standard InChI is InChI=1S/C24H22ClN3O4/c1-31-21-10-4-18(5-11-21)16-32-22-12-2-17(3-13-22)15-26-28-24(30)14-23(29)27-20-8-6-19(25)7-9-20/h2-13,15H,14,16H2,1H3,(H,27,29)(H,28,30). The zero-order valence-corrected chi connectivity index (χ0v) is 18.1. The Morgan fingerprint density at radius 3 is 2.22 bits per heavy atom. The topological polar surface area (TPSA) is 89.0 Å². The number of ether oxygens (including phenoxy) is 2. The molecule has 7 nitrogen and oxygen atoms in total. The van der Waals surface area contributed by atoms with E-state index in [0.29, 0.717) is 23.1 Å². The lowest BCUT2D eigenvalue weighted by molar-refractivity contribution is -0.126. The number of hydrazone groups is 1. The number of anilines is 1. The van der Waals surface area contributed by atoms with Crippen molar-refractivity contribution < 1.29 is 19.1 Å². The minimum absolute atomic E-state index is 0.349. The average molecular weight is 452 g/mol. The number of rotatable bonds is 9. The number of halogens is 1. The summed E-state index contributed by atoms with van der Waals surface area (Å²) >= 11 is 5.80. The zero-order valence-electron chi connectivity index (χ0n) is 17.4. The van der Waals surface area contributed by atoms with E-state index in [-0.39, 0.29) is 6.42 Å². The van der Waals surface area contributed by atoms with Crippen LogP contribution in [0, 0.1) is 0 Å². The molecule has 8 heteroatoms. The average Bonchev–Trinajstić information content (AvgIpc) is 2.80. The van der Waals surface area contributed by atoms with Crippen LogP contribution < -0.4 is 20.2 Å². The van der Waals surface area contributed by atoms with E-state index in [9.17, 15) is 9.59 Å². The molecule has 0 spiro atoms. The minimum atomic E-state index is -0.521.